The van der Waals surface area contributed by atoms with E-state index in [2.05, 4.69) is 14.9 Å². The second-order valence-corrected chi connectivity index (χ2v) is 4.03. The summed E-state index contributed by atoms with van der Waals surface area (Å²) in [7, 11) is 0. The van der Waals surface area contributed by atoms with Crippen LogP contribution in [0.2, 0.25) is 0 Å². The lowest BCUT2D eigenvalue weighted by Gasteiger charge is -2.17. The largest absolute Gasteiger partial charge is 0.370 e. The van der Waals surface area contributed by atoms with E-state index < -0.39 is 0 Å². The van der Waals surface area contributed by atoms with Crippen LogP contribution in [0.3, 0.4) is 0 Å². The third-order valence-corrected chi connectivity index (χ3v) is 2.63. The summed E-state index contributed by atoms with van der Waals surface area (Å²) < 4.78 is 0. The summed E-state index contributed by atoms with van der Waals surface area (Å²) in [6, 6.07) is 0. The van der Waals surface area contributed by atoms with Crippen molar-refractivity contribution in [2.24, 2.45) is 27.2 Å². The van der Waals surface area contributed by atoms with Crippen LogP contribution in [0.4, 0.5) is 0 Å². The monoisotopic (exact) mass is 226 g/mol. The Morgan fingerprint density at radius 2 is 1.62 bits per heavy atom. The van der Waals surface area contributed by atoms with Gasteiger partial charge in [-0.25, -0.2) is 0 Å². The molecule has 1 aliphatic heterocycles. The highest BCUT2D eigenvalue weighted by Gasteiger charge is 2.07. The average Bonchev–Trinajstić information content (AvgIpc) is 2.45. The number of nitrogens with two attached hydrogens (primary N) is 3. The van der Waals surface area contributed by atoms with Gasteiger partial charge in [-0.1, -0.05) is 12.8 Å². The number of hydrogen-bond acceptors (Lipinski definition) is 2. The van der Waals surface area contributed by atoms with Crippen LogP contribution in [0.15, 0.2) is 9.98 Å². The molecule has 0 spiro atoms. The Morgan fingerprint density at radius 3 is 2.19 bits per heavy atom. The first kappa shape index (κ1) is 12.8. The molecule has 6 heteroatoms. The standard InChI is InChI=1S/C10H22N6/c11-9(12)15-10(13)14-5-8-16-6-3-1-2-4-7-16/h1-8H2,(H6,11,12,13,14,15). The first-order chi connectivity index (χ1) is 7.68. The molecular weight excluding hydrogens is 204 g/mol. The maximum absolute atomic E-state index is 5.51. The highest BCUT2D eigenvalue weighted by atomic mass is 15.1. The predicted octanol–water partition coefficient (Wildman–Crippen LogP) is -0.549. The van der Waals surface area contributed by atoms with Gasteiger partial charge in [-0.05, 0) is 25.9 Å². The fourth-order valence-electron chi connectivity index (χ4n) is 1.83. The average molecular weight is 226 g/mol. The molecule has 6 N–H and O–H groups in total. The van der Waals surface area contributed by atoms with E-state index in [4.69, 9.17) is 17.2 Å². The molecule has 1 rings (SSSR count). The van der Waals surface area contributed by atoms with Gasteiger partial charge >= 0.3 is 0 Å². The molecule has 6 nitrogen and oxygen atoms in total. The molecule has 0 aliphatic carbocycles. The molecule has 0 amide bonds. The molecule has 92 valence electrons. The number of guanidine groups is 2. The molecule has 0 radical (unpaired) electrons. The van der Waals surface area contributed by atoms with Crippen LogP contribution >= 0.6 is 0 Å². The molecule has 0 unspecified atom stereocenters. The molecule has 0 aromatic carbocycles. The van der Waals surface area contributed by atoms with Crippen molar-refractivity contribution >= 4 is 11.9 Å². The Morgan fingerprint density at radius 1 is 1.00 bits per heavy atom. The quantitative estimate of drug-likeness (QED) is 0.443. The van der Waals surface area contributed by atoms with Gasteiger partial charge in [0.1, 0.15) is 0 Å². The van der Waals surface area contributed by atoms with Gasteiger partial charge in [0, 0.05) is 6.54 Å². The number of hydrogen-bond donors (Lipinski definition) is 3. The summed E-state index contributed by atoms with van der Waals surface area (Å²) in [6.45, 7) is 3.92. The number of likely N-dealkylation sites (tertiary alicyclic amines) is 1. The Hall–Kier alpha value is -1.30. The number of rotatable bonds is 3. The SMILES string of the molecule is NC(N)=NC(N)=NCCN1CCCCCC1. The summed E-state index contributed by atoms with van der Waals surface area (Å²) in [4.78, 5) is 10.2. The van der Waals surface area contributed by atoms with E-state index in [-0.39, 0.29) is 11.9 Å². The topological polar surface area (TPSA) is 106 Å². The Labute approximate surface area is 96.6 Å². The zero-order valence-corrected chi connectivity index (χ0v) is 9.73. The van der Waals surface area contributed by atoms with E-state index in [1.165, 1.54) is 25.7 Å². The Kier molecular flexibility index (Phi) is 5.63. The highest BCUT2D eigenvalue weighted by Crippen LogP contribution is 2.08. The van der Waals surface area contributed by atoms with Gasteiger partial charge < -0.3 is 22.1 Å². The first-order valence-electron chi connectivity index (χ1n) is 5.80. The van der Waals surface area contributed by atoms with Crippen molar-refractivity contribution in [3.05, 3.63) is 0 Å². The normalized spacial score (nSPS) is 19.1. The summed E-state index contributed by atoms with van der Waals surface area (Å²) >= 11 is 0. The lowest BCUT2D eigenvalue weighted by atomic mass is 10.2. The van der Waals surface area contributed by atoms with Crippen molar-refractivity contribution < 1.29 is 0 Å². The van der Waals surface area contributed by atoms with Crippen LogP contribution in [0.25, 0.3) is 0 Å². The predicted molar refractivity (Wildman–Crippen MR) is 67.2 cm³/mol. The van der Waals surface area contributed by atoms with E-state index in [1.54, 1.807) is 0 Å². The molecule has 0 atom stereocenters. The zero-order chi connectivity index (χ0) is 11.8. The minimum Gasteiger partial charge on any atom is -0.370 e. The fraction of sp³-hybridized carbons (Fsp3) is 0.800. The van der Waals surface area contributed by atoms with Crippen LogP contribution < -0.4 is 17.2 Å². The lowest BCUT2D eigenvalue weighted by molar-refractivity contribution is 0.293. The van der Waals surface area contributed by atoms with E-state index in [0.29, 0.717) is 6.54 Å². The maximum atomic E-state index is 5.51. The van der Waals surface area contributed by atoms with E-state index in [9.17, 15) is 0 Å². The van der Waals surface area contributed by atoms with E-state index >= 15 is 0 Å². The molecule has 0 saturated carbocycles. The molecule has 0 aromatic heterocycles. The molecule has 1 saturated heterocycles. The van der Waals surface area contributed by atoms with Gasteiger partial charge in [-0.2, -0.15) is 4.99 Å². The second kappa shape index (κ2) is 7.05. The summed E-state index contributed by atoms with van der Waals surface area (Å²) in [5, 5.41) is 0. The minimum absolute atomic E-state index is 0.0453. The number of aliphatic imine (C=N–C) groups is 2. The molecule has 1 aliphatic rings. The van der Waals surface area contributed by atoms with Crippen molar-refractivity contribution in [2.75, 3.05) is 26.2 Å². The van der Waals surface area contributed by atoms with Crippen molar-refractivity contribution in [1.29, 1.82) is 0 Å². The summed E-state index contributed by atoms with van der Waals surface area (Å²) in [5.41, 5.74) is 15.9. The third kappa shape index (κ3) is 5.55. The number of nitrogens with zero attached hydrogens (tertiary/aromatic N) is 3. The fourth-order valence-corrected chi connectivity index (χ4v) is 1.83. The van der Waals surface area contributed by atoms with Crippen molar-refractivity contribution in [1.82, 2.24) is 4.90 Å². The molecule has 0 bridgehead atoms. The minimum atomic E-state index is -0.0453. The van der Waals surface area contributed by atoms with Crippen LogP contribution in [-0.2, 0) is 0 Å². The molecule has 1 fully saturated rings. The van der Waals surface area contributed by atoms with Crippen LogP contribution in [-0.4, -0.2) is 43.0 Å². The van der Waals surface area contributed by atoms with Gasteiger partial charge in [0.15, 0.2) is 5.96 Å². The van der Waals surface area contributed by atoms with E-state index in [0.717, 1.165) is 19.6 Å². The summed E-state index contributed by atoms with van der Waals surface area (Å²) in [5.74, 6) is 0.117. The van der Waals surface area contributed by atoms with Gasteiger partial charge in [0.05, 0.1) is 6.54 Å². The first-order valence-corrected chi connectivity index (χ1v) is 5.80. The second-order valence-electron chi connectivity index (χ2n) is 4.03. The maximum Gasteiger partial charge on any atom is 0.218 e. The van der Waals surface area contributed by atoms with Crippen molar-refractivity contribution in [3.8, 4) is 0 Å². The highest BCUT2D eigenvalue weighted by molar-refractivity contribution is 5.92. The van der Waals surface area contributed by atoms with Gasteiger partial charge in [-0.3, -0.25) is 4.99 Å². The van der Waals surface area contributed by atoms with Gasteiger partial charge in [-0.15, -0.1) is 0 Å². The molecule has 1 heterocycles. The molecule has 0 aromatic rings. The van der Waals surface area contributed by atoms with E-state index in [1.807, 2.05) is 0 Å². The van der Waals surface area contributed by atoms with Crippen LogP contribution in [0.1, 0.15) is 25.7 Å². The van der Waals surface area contributed by atoms with Crippen molar-refractivity contribution in [3.63, 3.8) is 0 Å². The molecular formula is C10H22N6. The zero-order valence-electron chi connectivity index (χ0n) is 9.73. The van der Waals surface area contributed by atoms with Gasteiger partial charge in [0.2, 0.25) is 5.96 Å². The Bertz CT molecular complexity index is 248. The third-order valence-electron chi connectivity index (χ3n) is 2.63. The summed E-state index contributed by atoms with van der Waals surface area (Å²) in [6.07, 6.45) is 5.26. The molecule has 16 heavy (non-hydrogen) atoms. The Balaban J connectivity index is 2.25. The van der Waals surface area contributed by atoms with Crippen LogP contribution in [0, 0.1) is 0 Å². The smallest absolute Gasteiger partial charge is 0.218 e. The van der Waals surface area contributed by atoms with Crippen LogP contribution in [0.5, 0.6) is 0 Å². The van der Waals surface area contributed by atoms with Gasteiger partial charge in [0.25, 0.3) is 0 Å². The van der Waals surface area contributed by atoms with Crippen molar-refractivity contribution in [2.45, 2.75) is 25.7 Å². The lowest BCUT2D eigenvalue weighted by Crippen LogP contribution is -2.29.